The number of aliphatic hydroxyl groups is 2. The second-order valence-electron chi connectivity index (χ2n) is 20.6. The molecular weight excluding hydrogens is 949 g/mol. The van der Waals surface area contributed by atoms with Crippen LogP contribution in [0.2, 0.25) is 0 Å². The molecule has 75 heavy (non-hydrogen) atoms. The van der Waals surface area contributed by atoms with Gasteiger partial charge in [-0.2, -0.15) is 0 Å². The van der Waals surface area contributed by atoms with Crippen LogP contribution in [0.25, 0.3) is 0 Å². The molecular formula is C63H108O12. The van der Waals surface area contributed by atoms with Gasteiger partial charge in [-0.15, -0.1) is 0 Å². The number of aliphatic carboxylic acids is 1. The fourth-order valence-corrected chi connectivity index (χ4v) is 8.84. The van der Waals surface area contributed by atoms with Crippen molar-refractivity contribution in [3.63, 3.8) is 0 Å². The smallest absolute Gasteiger partial charge is 0.335 e. The van der Waals surface area contributed by atoms with E-state index in [0.29, 0.717) is 19.3 Å². The van der Waals surface area contributed by atoms with Gasteiger partial charge in [-0.1, -0.05) is 204 Å². The third-order valence-electron chi connectivity index (χ3n) is 13.5. The van der Waals surface area contributed by atoms with Crippen LogP contribution in [0.3, 0.4) is 0 Å². The number of unbranched alkanes of at least 4 members (excludes halogenated alkanes) is 27. The summed E-state index contributed by atoms with van der Waals surface area (Å²) in [5.41, 5.74) is 0. The summed E-state index contributed by atoms with van der Waals surface area (Å²) in [4.78, 5) is 51.1. The van der Waals surface area contributed by atoms with Gasteiger partial charge in [0.2, 0.25) is 0 Å². The lowest BCUT2D eigenvalue weighted by molar-refractivity contribution is -0.301. The molecule has 12 nitrogen and oxygen atoms in total. The SMILES string of the molecule is CCC/C=C\C/C=C\CCCCCCCC(=O)OC1C(OCC(COC(=O)CCCCCCCCC/C=C\CCCCCCCC)OC(=O)CCCCCCC/C=C\C/C=C\CCCCC)OC(C(=O)O)C(O)C1O. The van der Waals surface area contributed by atoms with Crippen LogP contribution in [0.15, 0.2) is 60.8 Å². The van der Waals surface area contributed by atoms with Gasteiger partial charge in [0.1, 0.15) is 18.8 Å². The van der Waals surface area contributed by atoms with E-state index in [2.05, 4.69) is 81.5 Å². The molecule has 1 aliphatic heterocycles. The number of carbonyl (C=O) groups is 4. The van der Waals surface area contributed by atoms with Crippen molar-refractivity contribution in [2.75, 3.05) is 13.2 Å². The van der Waals surface area contributed by atoms with Gasteiger partial charge in [0.05, 0.1) is 6.61 Å². The van der Waals surface area contributed by atoms with Gasteiger partial charge in [0.25, 0.3) is 0 Å². The summed E-state index contributed by atoms with van der Waals surface area (Å²) in [6.45, 7) is 5.88. The molecule has 12 heteroatoms. The van der Waals surface area contributed by atoms with Crippen LogP contribution in [-0.2, 0) is 42.9 Å². The van der Waals surface area contributed by atoms with E-state index in [0.717, 1.165) is 122 Å². The third-order valence-corrected chi connectivity index (χ3v) is 13.5. The standard InChI is InChI=1S/C63H108O12/c1-4-7-10-13-16-19-22-25-27-28-30-32-34-37-40-43-46-49-55(64)71-52-54(73-56(65)50-47-44-41-38-36-33-29-26-23-20-17-14-11-8-5-2)53-72-63-61(59(68)58(67)60(75-63)62(69)70)74-57(66)51-48-45-42-39-35-31-24-21-18-15-12-9-6-3/h12,15,17,20-21,24-27,29,54,58-61,63,67-68H,4-11,13-14,16,18-19,22-23,28,30-53H2,1-3H3,(H,69,70)/b15-12-,20-17-,24-21-,27-25-,29-26-. The van der Waals surface area contributed by atoms with Crippen LogP contribution in [0.1, 0.15) is 265 Å². The Kier molecular flexibility index (Phi) is 47.4. The van der Waals surface area contributed by atoms with Gasteiger partial charge in [-0.25, -0.2) is 4.79 Å². The Bertz CT molecular complexity index is 1540. The van der Waals surface area contributed by atoms with E-state index < -0.39 is 67.3 Å². The van der Waals surface area contributed by atoms with E-state index in [9.17, 15) is 34.5 Å². The Morgan fingerprint density at radius 2 is 0.827 bits per heavy atom. The maximum atomic E-state index is 13.1. The van der Waals surface area contributed by atoms with Gasteiger partial charge in [-0.05, 0) is 103 Å². The summed E-state index contributed by atoms with van der Waals surface area (Å²) in [5, 5.41) is 31.5. The van der Waals surface area contributed by atoms with Gasteiger partial charge in [-0.3, -0.25) is 14.4 Å². The quantitative estimate of drug-likeness (QED) is 0.0228. The van der Waals surface area contributed by atoms with E-state index in [-0.39, 0.29) is 25.9 Å². The minimum absolute atomic E-state index is 0.0417. The number of carboxylic acid groups (broad SMARTS) is 1. The molecule has 0 aromatic rings. The van der Waals surface area contributed by atoms with Crippen LogP contribution < -0.4 is 0 Å². The fraction of sp³-hybridized carbons (Fsp3) is 0.778. The Hall–Kier alpha value is -3.58. The van der Waals surface area contributed by atoms with Gasteiger partial charge >= 0.3 is 23.9 Å². The molecule has 0 bridgehead atoms. The molecule has 0 aromatic heterocycles. The number of esters is 3. The van der Waals surface area contributed by atoms with E-state index in [1.165, 1.54) is 83.5 Å². The highest BCUT2D eigenvalue weighted by molar-refractivity contribution is 5.74. The van der Waals surface area contributed by atoms with E-state index in [4.69, 9.17) is 23.7 Å². The Balaban J connectivity index is 2.70. The molecule has 0 radical (unpaired) electrons. The van der Waals surface area contributed by atoms with E-state index in [1.807, 2.05) is 0 Å². The van der Waals surface area contributed by atoms with Crippen molar-refractivity contribution in [1.29, 1.82) is 0 Å². The van der Waals surface area contributed by atoms with Gasteiger partial charge < -0.3 is 39.0 Å². The van der Waals surface area contributed by atoms with Crippen molar-refractivity contribution in [2.45, 2.75) is 302 Å². The monoisotopic (exact) mass is 1060 g/mol. The molecule has 0 amide bonds. The summed E-state index contributed by atoms with van der Waals surface area (Å²) in [7, 11) is 0. The first kappa shape index (κ1) is 69.4. The Morgan fingerprint density at radius 1 is 0.440 bits per heavy atom. The first-order valence-corrected chi connectivity index (χ1v) is 30.3. The van der Waals surface area contributed by atoms with Crippen molar-refractivity contribution in [3.8, 4) is 0 Å². The normalized spacial score (nSPS) is 18.5. The Labute approximate surface area is 456 Å². The van der Waals surface area contributed by atoms with Crippen LogP contribution in [0, 0.1) is 0 Å². The molecule has 0 saturated carbocycles. The van der Waals surface area contributed by atoms with Crippen molar-refractivity contribution in [3.05, 3.63) is 60.8 Å². The zero-order chi connectivity index (χ0) is 54.7. The van der Waals surface area contributed by atoms with Gasteiger partial charge in [0, 0.05) is 19.3 Å². The third kappa shape index (κ3) is 41.2. The molecule has 0 aromatic carbocycles. The number of carbonyl (C=O) groups excluding carboxylic acids is 3. The summed E-state index contributed by atoms with van der Waals surface area (Å²) in [5.74, 6) is -3.15. The Morgan fingerprint density at radius 3 is 1.29 bits per heavy atom. The lowest BCUT2D eigenvalue weighted by atomic mass is 9.98. The molecule has 0 aliphatic carbocycles. The number of ether oxygens (including phenoxy) is 5. The first-order valence-electron chi connectivity index (χ1n) is 30.3. The number of hydrogen-bond donors (Lipinski definition) is 3. The summed E-state index contributed by atoms with van der Waals surface area (Å²) in [6.07, 6.45) is 50.4. The first-order chi connectivity index (χ1) is 36.6. The van der Waals surface area contributed by atoms with Crippen LogP contribution in [-0.4, -0.2) is 89.2 Å². The summed E-state index contributed by atoms with van der Waals surface area (Å²) >= 11 is 0. The van der Waals surface area contributed by atoms with E-state index >= 15 is 0 Å². The molecule has 1 aliphatic rings. The topological polar surface area (TPSA) is 175 Å². The van der Waals surface area contributed by atoms with Crippen molar-refractivity contribution < 1.29 is 58.2 Å². The maximum Gasteiger partial charge on any atom is 0.335 e. The van der Waals surface area contributed by atoms with Crippen molar-refractivity contribution in [2.24, 2.45) is 0 Å². The van der Waals surface area contributed by atoms with Crippen molar-refractivity contribution >= 4 is 23.9 Å². The molecule has 1 heterocycles. The lowest BCUT2D eigenvalue weighted by Gasteiger charge is -2.40. The highest BCUT2D eigenvalue weighted by Gasteiger charge is 2.50. The zero-order valence-corrected chi connectivity index (χ0v) is 47.5. The second kappa shape index (κ2) is 51.2. The predicted octanol–water partition coefficient (Wildman–Crippen LogP) is 15.6. The highest BCUT2D eigenvalue weighted by Crippen LogP contribution is 2.26. The molecule has 3 N–H and O–H groups in total. The molecule has 432 valence electrons. The molecule has 1 fully saturated rings. The minimum Gasteiger partial charge on any atom is -0.479 e. The molecule has 6 unspecified atom stereocenters. The minimum atomic E-state index is -1.91. The average molecular weight is 1060 g/mol. The second-order valence-corrected chi connectivity index (χ2v) is 20.6. The fourth-order valence-electron chi connectivity index (χ4n) is 8.84. The maximum absolute atomic E-state index is 13.1. The van der Waals surface area contributed by atoms with E-state index in [1.54, 1.807) is 0 Å². The molecule has 0 spiro atoms. The number of hydrogen-bond acceptors (Lipinski definition) is 11. The van der Waals surface area contributed by atoms with Crippen molar-refractivity contribution in [1.82, 2.24) is 0 Å². The molecule has 6 atom stereocenters. The van der Waals surface area contributed by atoms with Crippen LogP contribution >= 0.6 is 0 Å². The summed E-state index contributed by atoms with van der Waals surface area (Å²) in [6, 6.07) is 0. The molecule has 1 saturated heterocycles. The van der Waals surface area contributed by atoms with Crippen LogP contribution in [0.5, 0.6) is 0 Å². The number of allylic oxidation sites excluding steroid dienone is 10. The average Bonchev–Trinajstić information content (AvgIpc) is 3.39. The highest BCUT2D eigenvalue weighted by atomic mass is 16.7. The number of carboxylic acids is 1. The zero-order valence-electron chi connectivity index (χ0n) is 47.5. The largest absolute Gasteiger partial charge is 0.479 e. The lowest BCUT2D eigenvalue weighted by Crippen LogP contribution is -2.61. The van der Waals surface area contributed by atoms with Gasteiger partial charge in [0.15, 0.2) is 24.6 Å². The number of aliphatic hydroxyl groups excluding tert-OH is 2. The van der Waals surface area contributed by atoms with Crippen LogP contribution in [0.4, 0.5) is 0 Å². The predicted molar refractivity (Wildman–Crippen MR) is 303 cm³/mol. The molecule has 1 rings (SSSR count). The number of rotatable bonds is 51. The summed E-state index contributed by atoms with van der Waals surface area (Å²) < 4.78 is 28.4.